The molecule has 0 saturated carbocycles. The van der Waals surface area contributed by atoms with E-state index in [-0.39, 0.29) is 21.1 Å². The second kappa shape index (κ2) is 9.68. The zero-order valence-electron chi connectivity index (χ0n) is 18.6. The van der Waals surface area contributed by atoms with Gasteiger partial charge in [-0.15, -0.1) is 47.6 Å². The summed E-state index contributed by atoms with van der Waals surface area (Å²) >= 11 is 0. The zero-order chi connectivity index (χ0) is 22.1. The number of benzene rings is 3. The fourth-order valence-electron chi connectivity index (χ4n) is 3.81. The third-order valence-corrected chi connectivity index (χ3v) is 5.34. The standard InChI is InChI=1S/C27H23N4O.Pt/c1-20-7-4-8-21(2)27(20)31-17-26(28-18-31)22-9-5-11-24(15-22)32-25-12-6-10-23(16-25)30-14-13-29(3)19-30;/h4-14,17-19H,1-3H3;/q-3;. The van der Waals surface area contributed by atoms with E-state index in [2.05, 4.69) is 53.7 Å². The topological polar surface area (TPSA) is 33.5 Å². The average Bonchev–Trinajstić information content (AvgIpc) is 3.44. The van der Waals surface area contributed by atoms with E-state index in [1.54, 1.807) is 0 Å². The molecular weight excluding hydrogens is 591 g/mol. The van der Waals surface area contributed by atoms with Gasteiger partial charge in [-0.05, 0) is 50.6 Å². The maximum atomic E-state index is 6.07. The summed E-state index contributed by atoms with van der Waals surface area (Å²) in [6, 6.07) is 24.6. The largest absolute Gasteiger partial charge is 0.510 e. The fraction of sp³-hybridized carbons (Fsp3) is 0.111. The summed E-state index contributed by atoms with van der Waals surface area (Å²) in [5.74, 6) is 1.25. The Labute approximate surface area is 209 Å². The second-order valence-corrected chi connectivity index (χ2v) is 7.82. The van der Waals surface area contributed by atoms with Crippen LogP contribution in [0.3, 0.4) is 0 Å². The number of imidazole rings is 1. The Morgan fingerprint density at radius 1 is 0.879 bits per heavy atom. The summed E-state index contributed by atoms with van der Waals surface area (Å²) in [6.07, 6.45) is 7.84. The minimum Gasteiger partial charge on any atom is -0.510 e. The first-order chi connectivity index (χ1) is 15.6. The second-order valence-electron chi connectivity index (χ2n) is 7.82. The molecule has 0 bridgehead atoms. The maximum Gasteiger partial charge on any atom is 0.0883 e. The Hall–Kier alpha value is -3.30. The van der Waals surface area contributed by atoms with Gasteiger partial charge in [-0.25, -0.2) is 0 Å². The van der Waals surface area contributed by atoms with E-state index >= 15 is 0 Å². The number of aryl methyl sites for hydroxylation is 2. The predicted molar refractivity (Wildman–Crippen MR) is 126 cm³/mol. The summed E-state index contributed by atoms with van der Waals surface area (Å²) in [5.41, 5.74) is 6.20. The molecule has 0 saturated heterocycles. The molecule has 4 aromatic rings. The zero-order valence-corrected chi connectivity index (χ0v) is 20.9. The van der Waals surface area contributed by atoms with Crippen LogP contribution >= 0.6 is 0 Å². The van der Waals surface area contributed by atoms with E-state index in [4.69, 9.17) is 4.74 Å². The summed E-state index contributed by atoms with van der Waals surface area (Å²) < 4.78 is 8.14. The number of anilines is 1. The molecule has 0 unspecified atom stereocenters. The summed E-state index contributed by atoms with van der Waals surface area (Å²) in [4.78, 5) is 8.59. The molecule has 0 radical (unpaired) electrons. The van der Waals surface area contributed by atoms with E-state index < -0.39 is 0 Å². The molecule has 6 heteroatoms. The molecule has 0 aliphatic carbocycles. The van der Waals surface area contributed by atoms with Crippen LogP contribution in [-0.2, 0) is 21.1 Å². The third kappa shape index (κ3) is 4.89. The average molecular weight is 615 g/mol. The molecule has 1 aliphatic heterocycles. The van der Waals surface area contributed by atoms with E-state index in [0.29, 0.717) is 11.5 Å². The van der Waals surface area contributed by atoms with Crippen LogP contribution in [-0.4, -0.2) is 21.5 Å². The number of hydrogen-bond donors (Lipinski definition) is 0. The summed E-state index contributed by atoms with van der Waals surface area (Å²) in [5, 5.41) is 0. The van der Waals surface area contributed by atoms with Gasteiger partial charge in [0.25, 0.3) is 0 Å². The first kappa shape index (κ1) is 22.9. The Morgan fingerprint density at radius 3 is 2.30 bits per heavy atom. The van der Waals surface area contributed by atoms with E-state index in [1.807, 2.05) is 84.8 Å². The van der Waals surface area contributed by atoms with Gasteiger partial charge in [0.1, 0.15) is 0 Å². The van der Waals surface area contributed by atoms with Crippen molar-refractivity contribution in [3.8, 4) is 28.4 Å². The van der Waals surface area contributed by atoms with Gasteiger partial charge in [-0.3, -0.25) is 4.98 Å². The Bertz CT molecular complexity index is 1280. The van der Waals surface area contributed by atoms with E-state index in [9.17, 15) is 0 Å². The van der Waals surface area contributed by atoms with Crippen molar-refractivity contribution in [2.75, 3.05) is 11.9 Å². The first-order valence-corrected chi connectivity index (χ1v) is 10.4. The van der Waals surface area contributed by atoms with Gasteiger partial charge < -0.3 is 19.1 Å². The molecule has 170 valence electrons. The van der Waals surface area contributed by atoms with Crippen molar-refractivity contribution in [1.29, 1.82) is 0 Å². The van der Waals surface area contributed by atoms with Crippen molar-refractivity contribution >= 4 is 5.69 Å². The van der Waals surface area contributed by atoms with Crippen LogP contribution in [0, 0.1) is 32.6 Å². The molecule has 1 aliphatic rings. The van der Waals surface area contributed by atoms with Crippen LogP contribution in [0.2, 0.25) is 0 Å². The number of rotatable bonds is 5. The van der Waals surface area contributed by atoms with Gasteiger partial charge in [0.15, 0.2) is 0 Å². The van der Waals surface area contributed by atoms with Gasteiger partial charge >= 0.3 is 0 Å². The van der Waals surface area contributed by atoms with Crippen molar-refractivity contribution in [1.82, 2.24) is 14.5 Å². The quantitative estimate of drug-likeness (QED) is 0.263. The van der Waals surface area contributed by atoms with Crippen molar-refractivity contribution in [3.05, 3.63) is 109 Å². The monoisotopic (exact) mass is 614 g/mol. The molecule has 0 atom stereocenters. The fourth-order valence-corrected chi connectivity index (χ4v) is 3.81. The number of nitrogens with zero attached hydrogens (tertiary/aromatic N) is 4. The molecule has 3 aromatic carbocycles. The van der Waals surface area contributed by atoms with Crippen LogP contribution in [0.4, 0.5) is 5.69 Å². The van der Waals surface area contributed by atoms with Crippen molar-refractivity contribution in [3.63, 3.8) is 0 Å². The summed E-state index contributed by atoms with van der Waals surface area (Å²) in [6.45, 7) is 6.21. The molecule has 0 N–H and O–H groups in total. The van der Waals surface area contributed by atoms with E-state index in [0.717, 1.165) is 22.6 Å². The molecule has 0 amide bonds. The Morgan fingerprint density at radius 2 is 1.58 bits per heavy atom. The van der Waals surface area contributed by atoms with Crippen molar-refractivity contribution < 1.29 is 25.8 Å². The number of ether oxygens (including phenoxy) is 1. The van der Waals surface area contributed by atoms with Crippen LogP contribution in [0.15, 0.2) is 79.5 Å². The van der Waals surface area contributed by atoms with Crippen molar-refractivity contribution in [2.45, 2.75) is 13.8 Å². The first-order valence-electron chi connectivity index (χ1n) is 10.4. The number of hydrogen-bond acceptors (Lipinski definition) is 4. The molecular formula is C27H23N4OPt-3. The maximum absolute atomic E-state index is 6.07. The normalized spacial score (nSPS) is 12.7. The van der Waals surface area contributed by atoms with Crippen LogP contribution in [0.5, 0.6) is 11.5 Å². The number of aromatic nitrogens is 2. The molecule has 5 rings (SSSR count). The van der Waals surface area contributed by atoms with Crippen LogP contribution in [0.1, 0.15) is 11.1 Å². The Balaban J connectivity index is 0.00000259. The van der Waals surface area contributed by atoms with Gasteiger partial charge in [-0.1, -0.05) is 24.3 Å². The predicted octanol–water partition coefficient (Wildman–Crippen LogP) is 5.89. The third-order valence-electron chi connectivity index (χ3n) is 5.34. The van der Waals surface area contributed by atoms with E-state index in [1.165, 1.54) is 11.1 Å². The minimum atomic E-state index is 0. The minimum absolute atomic E-state index is 0. The molecule has 5 nitrogen and oxygen atoms in total. The Kier molecular flexibility index (Phi) is 6.71. The van der Waals surface area contributed by atoms with Gasteiger partial charge in [0, 0.05) is 38.3 Å². The molecule has 1 aromatic heterocycles. The molecule has 0 spiro atoms. The van der Waals surface area contributed by atoms with Crippen LogP contribution < -0.4 is 9.64 Å². The van der Waals surface area contributed by atoms with Gasteiger partial charge in [-0.2, -0.15) is 12.7 Å². The molecule has 2 heterocycles. The van der Waals surface area contributed by atoms with Gasteiger partial charge in [0.05, 0.1) is 12.0 Å². The SMILES string of the molecule is Cc1cccc(C)c1-n1cnc(-c2[c-]c(Oc3[c-]c(N4C=CN(C)[CH-]4)ccc3)ccc2)c1.[Pt]. The van der Waals surface area contributed by atoms with Crippen LogP contribution in [0.25, 0.3) is 16.9 Å². The van der Waals surface area contributed by atoms with Gasteiger partial charge in [0.2, 0.25) is 0 Å². The van der Waals surface area contributed by atoms with Crippen molar-refractivity contribution in [2.24, 2.45) is 0 Å². The number of para-hydroxylation sites is 1. The smallest absolute Gasteiger partial charge is 0.0883 e. The molecule has 0 fully saturated rings. The molecule has 33 heavy (non-hydrogen) atoms. The summed E-state index contributed by atoms with van der Waals surface area (Å²) in [7, 11) is 1.99.